The maximum absolute atomic E-state index is 14.7. The first-order valence-corrected chi connectivity index (χ1v) is 13.2. The predicted molar refractivity (Wildman–Crippen MR) is 131 cm³/mol. The molecule has 0 spiro atoms. The van der Waals surface area contributed by atoms with E-state index in [4.69, 9.17) is 0 Å². The lowest BCUT2D eigenvalue weighted by Gasteiger charge is -2.38. The van der Waals surface area contributed by atoms with E-state index in [-0.39, 0.29) is 5.39 Å². The van der Waals surface area contributed by atoms with Crippen LogP contribution in [-0.4, -0.2) is 6.18 Å². The molecule has 0 aromatic heterocycles. The summed E-state index contributed by atoms with van der Waals surface area (Å²) in [6, 6.07) is 6.17. The molecule has 2 aromatic rings. The van der Waals surface area contributed by atoms with Crippen LogP contribution in [0.3, 0.4) is 0 Å². The third-order valence-electron chi connectivity index (χ3n) is 8.41. The Morgan fingerprint density at radius 3 is 2.00 bits per heavy atom. The Kier molecular flexibility index (Phi) is 8.40. The Bertz CT molecular complexity index is 1060. The number of aryl methyl sites for hydroxylation is 1. The molecule has 2 aliphatic carbocycles. The molecule has 0 saturated heterocycles. The minimum atomic E-state index is -4.80. The van der Waals surface area contributed by atoms with Gasteiger partial charge in [0.2, 0.25) is 0 Å². The van der Waals surface area contributed by atoms with E-state index in [0.29, 0.717) is 11.3 Å². The number of hydrogen-bond acceptors (Lipinski definition) is 0. The maximum atomic E-state index is 14.7. The summed E-state index contributed by atoms with van der Waals surface area (Å²) in [6.07, 6.45) is 10.6. The predicted octanol–water partition coefficient (Wildman–Crippen LogP) is 9.38. The van der Waals surface area contributed by atoms with Gasteiger partial charge in [0.25, 0.3) is 0 Å². The largest absolute Gasteiger partial charge is 0.458 e. The number of alkyl halides is 3. The molecule has 0 radical (unpaired) electrons. The molecule has 0 aliphatic heterocycles. The summed E-state index contributed by atoms with van der Waals surface area (Å²) in [4.78, 5) is 0. The molecule has 0 nitrogen and oxygen atoms in total. The lowest BCUT2D eigenvalue weighted by Crippen LogP contribution is -2.26. The molecule has 35 heavy (non-hydrogen) atoms. The normalized spacial score (nSPS) is 25.3. The van der Waals surface area contributed by atoms with Gasteiger partial charge >= 0.3 is 6.18 Å². The van der Waals surface area contributed by atoms with Crippen molar-refractivity contribution in [1.82, 2.24) is 0 Å². The number of halogens is 5. The topological polar surface area (TPSA) is 0 Å². The molecule has 5 heteroatoms. The van der Waals surface area contributed by atoms with Crippen molar-refractivity contribution in [3.8, 4) is 11.8 Å². The van der Waals surface area contributed by atoms with Crippen LogP contribution in [0.4, 0.5) is 22.0 Å². The van der Waals surface area contributed by atoms with Crippen LogP contribution in [0.1, 0.15) is 88.7 Å². The van der Waals surface area contributed by atoms with Crippen molar-refractivity contribution in [2.75, 3.05) is 0 Å². The lowest BCUT2D eigenvalue weighted by atomic mass is 9.68. The molecule has 0 N–H and O–H groups in total. The van der Waals surface area contributed by atoms with Gasteiger partial charge in [0, 0.05) is 11.3 Å². The third kappa shape index (κ3) is 6.78. The number of benzene rings is 2. The van der Waals surface area contributed by atoms with E-state index in [1.807, 2.05) is 0 Å². The van der Waals surface area contributed by atoms with Crippen LogP contribution in [0.25, 0.3) is 10.8 Å². The quantitative estimate of drug-likeness (QED) is 0.279. The SMILES string of the molecule is CCCC1CCC(C2CCC(CCc3ccc4c(F)c(C#CC(F)(F)F)c(F)cc4c3)CC2)CC1. The first kappa shape index (κ1) is 26.0. The van der Waals surface area contributed by atoms with Crippen molar-refractivity contribution in [2.45, 2.75) is 90.1 Å². The molecular formula is C30H35F5. The molecule has 2 aliphatic rings. The zero-order valence-corrected chi connectivity index (χ0v) is 20.5. The Balaban J connectivity index is 1.32. The smallest absolute Gasteiger partial charge is 0.205 e. The van der Waals surface area contributed by atoms with Gasteiger partial charge in [-0.2, -0.15) is 13.2 Å². The molecule has 0 unspecified atom stereocenters. The van der Waals surface area contributed by atoms with Gasteiger partial charge < -0.3 is 0 Å². The van der Waals surface area contributed by atoms with Crippen LogP contribution in [0.2, 0.25) is 0 Å². The Morgan fingerprint density at radius 2 is 1.43 bits per heavy atom. The highest BCUT2D eigenvalue weighted by molar-refractivity contribution is 5.85. The number of fused-ring (bicyclic) bond motifs is 1. The van der Waals surface area contributed by atoms with Gasteiger partial charge in [0.15, 0.2) is 0 Å². The van der Waals surface area contributed by atoms with E-state index < -0.39 is 23.4 Å². The molecule has 0 heterocycles. The van der Waals surface area contributed by atoms with Gasteiger partial charge in [-0.1, -0.05) is 69.6 Å². The monoisotopic (exact) mass is 490 g/mol. The summed E-state index contributed by atoms with van der Waals surface area (Å²) >= 11 is 0. The molecule has 0 atom stereocenters. The van der Waals surface area contributed by atoms with E-state index >= 15 is 0 Å². The highest BCUT2D eigenvalue weighted by Gasteiger charge is 2.30. The fourth-order valence-electron chi connectivity index (χ4n) is 6.46. The summed E-state index contributed by atoms with van der Waals surface area (Å²) in [5, 5.41) is 0.452. The van der Waals surface area contributed by atoms with Crippen LogP contribution >= 0.6 is 0 Å². The Morgan fingerprint density at radius 1 is 0.829 bits per heavy atom. The summed E-state index contributed by atoms with van der Waals surface area (Å²) < 4.78 is 66.0. The number of hydrogen-bond donors (Lipinski definition) is 0. The summed E-state index contributed by atoms with van der Waals surface area (Å²) in [6.45, 7) is 2.29. The molecule has 0 amide bonds. The number of rotatable bonds is 6. The lowest BCUT2D eigenvalue weighted by molar-refractivity contribution is -0.0696. The standard InChI is InChI=1S/C30H35F5/c1-2-3-20-6-11-23(12-7-20)24-13-8-21(9-14-24)4-5-22-10-15-26-25(18-22)19-28(31)27(29(26)32)16-17-30(33,34)35/h10,15,18-21,23-24H,2-9,11-14H2,1H3. The van der Waals surface area contributed by atoms with Crippen molar-refractivity contribution in [3.63, 3.8) is 0 Å². The van der Waals surface area contributed by atoms with Crippen molar-refractivity contribution >= 4 is 10.8 Å². The zero-order chi connectivity index (χ0) is 25.0. The Hall–Kier alpha value is -2.09. The second-order valence-corrected chi connectivity index (χ2v) is 10.7. The minimum absolute atomic E-state index is 0.0933. The summed E-state index contributed by atoms with van der Waals surface area (Å²) in [7, 11) is 0. The van der Waals surface area contributed by atoms with E-state index in [2.05, 4.69) is 6.92 Å². The fourth-order valence-corrected chi connectivity index (χ4v) is 6.46. The van der Waals surface area contributed by atoms with Gasteiger partial charge in [0.05, 0.1) is 5.56 Å². The highest BCUT2D eigenvalue weighted by atomic mass is 19.4. The van der Waals surface area contributed by atoms with E-state index in [1.165, 1.54) is 70.3 Å². The average Bonchev–Trinajstić information content (AvgIpc) is 2.83. The molecule has 0 bridgehead atoms. The van der Waals surface area contributed by atoms with Crippen molar-refractivity contribution in [1.29, 1.82) is 0 Å². The molecule has 4 rings (SSSR count). The van der Waals surface area contributed by atoms with Crippen LogP contribution in [0.5, 0.6) is 0 Å². The summed E-state index contributed by atoms with van der Waals surface area (Å²) in [5.41, 5.74) is 0.167. The average molecular weight is 491 g/mol. The highest BCUT2D eigenvalue weighted by Crippen LogP contribution is 2.43. The molecule has 190 valence electrons. The molecule has 2 saturated carbocycles. The first-order chi connectivity index (χ1) is 16.7. The Labute approximate surface area is 205 Å². The van der Waals surface area contributed by atoms with Crippen molar-refractivity contribution < 1.29 is 22.0 Å². The third-order valence-corrected chi connectivity index (χ3v) is 8.41. The van der Waals surface area contributed by atoms with Crippen LogP contribution in [0.15, 0.2) is 24.3 Å². The van der Waals surface area contributed by atoms with Gasteiger partial charge in [-0.05, 0) is 79.2 Å². The minimum Gasteiger partial charge on any atom is -0.205 e. The van der Waals surface area contributed by atoms with Crippen LogP contribution in [0, 0.1) is 47.1 Å². The maximum Gasteiger partial charge on any atom is 0.458 e. The summed E-state index contributed by atoms with van der Waals surface area (Å²) in [5.74, 6) is 3.90. The van der Waals surface area contributed by atoms with E-state index in [1.54, 1.807) is 18.1 Å². The fraction of sp³-hybridized carbons (Fsp3) is 0.600. The van der Waals surface area contributed by atoms with Crippen LogP contribution in [-0.2, 0) is 6.42 Å². The van der Waals surface area contributed by atoms with E-state index in [0.717, 1.165) is 48.1 Å². The van der Waals surface area contributed by atoms with Crippen LogP contribution < -0.4 is 0 Å². The molecular weight excluding hydrogens is 455 g/mol. The molecule has 2 aromatic carbocycles. The first-order valence-electron chi connectivity index (χ1n) is 13.2. The second-order valence-electron chi connectivity index (χ2n) is 10.7. The second kappa shape index (κ2) is 11.3. The molecule has 2 fully saturated rings. The van der Waals surface area contributed by atoms with Gasteiger partial charge in [0.1, 0.15) is 11.6 Å². The van der Waals surface area contributed by atoms with Crippen molar-refractivity contribution in [2.24, 2.45) is 23.7 Å². The van der Waals surface area contributed by atoms with Crippen molar-refractivity contribution in [3.05, 3.63) is 47.0 Å². The van der Waals surface area contributed by atoms with Gasteiger partial charge in [-0.25, -0.2) is 8.78 Å². The van der Waals surface area contributed by atoms with Gasteiger partial charge in [-0.15, -0.1) is 0 Å². The van der Waals surface area contributed by atoms with Gasteiger partial charge in [-0.3, -0.25) is 0 Å². The van der Waals surface area contributed by atoms with E-state index in [9.17, 15) is 22.0 Å². The zero-order valence-electron chi connectivity index (χ0n) is 20.5.